The van der Waals surface area contributed by atoms with Gasteiger partial charge in [0.1, 0.15) is 0 Å². The monoisotopic (exact) mass is 284 g/mol. The number of carboxylic acids is 1. The van der Waals surface area contributed by atoms with Gasteiger partial charge in [0.05, 0.1) is 5.92 Å². The van der Waals surface area contributed by atoms with Gasteiger partial charge in [-0.3, -0.25) is 9.59 Å². The van der Waals surface area contributed by atoms with Gasteiger partial charge in [-0.25, -0.2) is 0 Å². The van der Waals surface area contributed by atoms with Crippen LogP contribution >= 0.6 is 15.9 Å². The first-order valence-electron chi connectivity index (χ1n) is 4.94. The molecule has 4 heteroatoms. The summed E-state index contributed by atoms with van der Waals surface area (Å²) in [6.07, 6.45) is 0.0326. The van der Waals surface area contributed by atoms with E-state index in [9.17, 15) is 9.59 Å². The Hall–Kier alpha value is -1.16. The lowest BCUT2D eigenvalue weighted by Crippen LogP contribution is -2.14. The summed E-state index contributed by atoms with van der Waals surface area (Å²) in [6.45, 7) is 3.46. The molecular weight excluding hydrogens is 272 g/mol. The number of aryl methyl sites for hydroxylation is 1. The van der Waals surface area contributed by atoms with Crippen LogP contribution in [0.2, 0.25) is 0 Å². The minimum Gasteiger partial charge on any atom is -0.481 e. The number of carbonyl (C=O) groups is 2. The average molecular weight is 285 g/mol. The number of rotatable bonds is 4. The van der Waals surface area contributed by atoms with E-state index in [0.717, 1.165) is 10.0 Å². The van der Waals surface area contributed by atoms with Crippen molar-refractivity contribution < 1.29 is 14.7 Å². The van der Waals surface area contributed by atoms with Gasteiger partial charge < -0.3 is 5.11 Å². The van der Waals surface area contributed by atoms with E-state index < -0.39 is 11.9 Å². The van der Waals surface area contributed by atoms with Gasteiger partial charge in [-0.1, -0.05) is 35.0 Å². The second kappa shape index (κ2) is 5.25. The SMILES string of the molecule is Cc1ccc(C(=O)CC(C)C(=O)O)cc1Br. The zero-order valence-corrected chi connectivity index (χ0v) is 10.7. The summed E-state index contributed by atoms with van der Waals surface area (Å²) >= 11 is 3.34. The molecule has 1 N–H and O–H groups in total. The van der Waals surface area contributed by atoms with Crippen LogP contribution in [0.3, 0.4) is 0 Å². The molecule has 0 aliphatic heterocycles. The zero-order chi connectivity index (χ0) is 12.3. The van der Waals surface area contributed by atoms with Gasteiger partial charge in [-0.15, -0.1) is 0 Å². The highest BCUT2D eigenvalue weighted by molar-refractivity contribution is 9.10. The lowest BCUT2D eigenvalue weighted by molar-refractivity contribution is -0.141. The van der Waals surface area contributed by atoms with Crippen LogP contribution in [0.1, 0.15) is 29.3 Å². The summed E-state index contributed by atoms with van der Waals surface area (Å²) in [5.74, 6) is -1.73. The zero-order valence-electron chi connectivity index (χ0n) is 9.16. The minimum absolute atomic E-state index is 0.0326. The summed E-state index contributed by atoms with van der Waals surface area (Å²) < 4.78 is 0.862. The standard InChI is InChI=1S/C12H13BrO3/c1-7-3-4-9(6-10(7)13)11(14)5-8(2)12(15)16/h3-4,6,8H,5H2,1-2H3,(H,15,16). The van der Waals surface area contributed by atoms with Crippen LogP contribution in [0.25, 0.3) is 0 Å². The second-order valence-electron chi connectivity index (χ2n) is 3.83. The van der Waals surface area contributed by atoms with E-state index in [1.807, 2.05) is 13.0 Å². The Morgan fingerprint density at radius 3 is 2.56 bits per heavy atom. The maximum Gasteiger partial charge on any atom is 0.306 e. The molecule has 3 nitrogen and oxygen atoms in total. The third-order valence-electron chi connectivity index (χ3n) is 2.41. The first kappa shape index (κ1) is 12.9. The van der Waals surface area contributed by atoms with Crippen molar-refractivity contribution in [2.75, 3.05) is 0 Å². The predicted octanol–water partition coefficient (Wildman–Crippen LogP) is 3.05. The molecule has 0 spiro atoms. The number of aliphatic carboxylic acids is 1. The van der Waals surface area contributed by atoms with E-state index >= 15 is 0 Å². The van der Waals surface area contributed by atoms with E-state index in [-0.39, 0.29) is 12.2 Å². The topological polar surface area (TPSA) is 54.4 Å². The normalized spacial score (nSPS) is 12.2. The smallest absolute Gasteiger partial charge is 0.306 e. The van der Waals surface area contributed by atoms with Gasteiger partial charge in [0, 0.05) is 16.5 Å². The third kappa shape index (κ3) is 3.17. The van der Waals surface area contributed by atoms with E-state index in [1.54, 1.807) is 12.1 Å². The molecule has 0 fully saturated rings. The molecule has 0 radical (unpaired) electrons. The lowest BCUT2D eigenvalue weighted by Gasteiger charge is -2.06. The molecule has 1 unspecified atom stereocenters. The maximum atomic E-state index is 11.7. The lowest BCUT2D eigenvalue weighted by atomic mass is 9.99. The van der Waals surface area contributed by atoms with E-state index in [1.165, 1.54) is 6.92 Å². The van der Waals surface area contributed by atoms with Crippen LogP contribution in [-0.4, -0.2) is 16.9 Å². The number of Topliss-reactive ketones (excluding diaryl/α,β-unsaturated/α-hetero) is 1. The van der Waals surface area contributed by atoms with Crippen LogP contribution < -0.4 is 0 Å². The molecule has 1 aromatic rings. The highest BCUT2D eigenvalue weighted by atomic mass is 79.9. The Kier molecular flexibility index (Phi) is 4.24. The van der Waals surface area contributed by atoms with Crippen LogP contribution in [0.5, 0.6) is 0 Å². The molecule has 1 atom stereocenters. The fraction of sp³-hybridized carbons (Fsp3) is 0.333. The molecule has 16 heavy (non-hydrogen) atoms. The van der Waals surface area contributed by atoms with Crippen molar-refractivity contribution in [3.8, 4) is 0 Å². The Labute approximate surface area is 103 Å². The van der Waals surface area contributed by atoms with Crippen molar-refractivity contribution in [3.63, 3.8) is 0 Å². The van der Waals surface area contributed by atoms with Crippen LogP contribution in [0.4, 0.5) is 0 Å². The number of hydrogen-bond donors (Lipinski definition) is 1. The summed E-state index contributed by atoms with van der Waals surface area (Å²) in [6, 6.07) is 5.28. The molecular formula is C12H13BrO3. The van der Waals surface area contributed by atoms with Crippen LogP contribution in [0, 0.1) is 12.8 Å². The Morgan fingerprint density at radius 1 is 1.44 bits per heavy atom. The highest BCUT2D eigenvalue weighted by Crippen LogP contribution is 2.19. The number of halogens is 1. The number of ketones is 1. The van der Waals surface area contributed by atoms with Crippen molar-refractivity contribution in [1.29, 1.82) is 0 Å². The first-order valence-corrected chi connectivity index (χ1v) is 5.73. The van der Waals surface area contributed by atoms with Crippen molar-refractivity contribution in [1.82, 2.24) is 0 Å². The molecule has 0 saturated carbocycles. The summed E-state index contributed by atoms with van der Waals surface area (Å²) in [7, 11) is 0. The highest BCUT2D eigenvalue weighted by Gasteiger charge is 2.17. The fourth-order valence-electron chi connectivity index (χ4n) is 1.25. The molecule has 1 aromatic carbocycles. The molecule has 0 aliphatic carbocycles. The molecule has 0 heterocycles. The van der Waals surface area contributed by atoms with Gasteiger partial charge in [0.15, 0.2) is 5.78 Å². The Morgan fingerprint density at radius 2 is 2.06 bits per heavy atom. The maximum absolute atomic E-state index is 11.7. The van der Waals surface area contributed by atoms with E-state index in [2.05, 4.69) is 15.9 Å². The van der Waals surface area contributed by atoms with Gasteiger partial charge in [0.25, 0.3) is 0 Å². The minimum atomic E-state index is -0.945. The van der Waals surface area contributed by atoms with Crippen LogP contribution in [-0.2, 0) is 4.79 Å². The second-order valence-corrected chi connectivity index (χ2v) is 4.68. The predicted molar refractivity (Wildman–Crippen MR) is 64.6 cm³/mol. The van der Waals surface area contributed by atoms with Crippen molar-refractivity contribution in [3.05, 3.63) is 33.8 Å². The molecule has 0 amide bonds. The third-order valence-corrected chi connectivity index (χ3v) is 3.26. The first-order chi connectivity index (χ1) is 7.41. The largest absolute Gasteiger partial charge is 0.481 e. The van der Waals surface area contributed by atoms with Crippen molar-refractivity contribution in [2.24, 2.45) is 5.92 Å². The molecule has 0 bridgehead atoms. The molecule has 0 aliphatic rings. The fourth-order valence-corrected chi connectivity index (χ4v) is 1.63. The van der Waals surface area contributed by atoms with E-state index in [0.29, 0.717) is 5.56 Å². The summed E-state index contributed by atoms with van der Waals surface area (Å²) in [5.41, 5.74) is 1.59. The van der Waals surface area contributed by atoms with Gasteiger partial charge in [0.2, 0.25) is 0 Å². The molecule has 1 rings (SSSR count). The average Bonchev–Trinajstić information content (AvgIpc) is 2.21. The quantitative estimate of drug-likeness (QED) is 0.865. The van der Waals surface area contributed by atoms with Gasteiger partial charge >= 0.3 is 5.97 Å². The molecule has 0 aromatic heterocycles. The molecule has 0 saturated heterocycles. The Balaban J connectivity index is 2.81. The molecule has 86 valence electrons. The van der Waals surface area contributed by atoms with E-state index in [4.69, 9.17) is 5.11 Å². The number of benzene rings is 1. The summed E-state index contributed by atoms with van der Waals surface area (Å²) in [5, 5.41) is 8.72. The van der Waals surface area contributed by atoms with Crippen molar-refractivity contribution in [2.45, 2.75) is 20.3 Å². The van der Waals surface area contributed by atoms with Gasteiger partial charge in [-0.2, -0.15) is 0 Å². The van der Waals surface area contributed by atoms with Crippen LogP contribution in [0.15, 0.2) is 22.7 Å². The number of carboxylic acid groups (broad SMARTS) is 1. The van der Waals surface area contributed by atoms with Gasteiger partial charge in [-0.05, 0) is 18.6 Å². The van der Waals surface area contributed by atoms with Crippen molar-refractivity contribution >= 4 is 27.7 Å². The number of hydrogen-bond acceptors (Lipinski definition) is 2. The summed E-state index contributed by atoms with van der Waals surface area (Å²) in [4.78, 5) is 22.4. The Bertz CT molecular complexity index is 426. The number of carbonyl (C=O) groups excluding carboxylic acids is 1.